The minimum atomic E-state index is -4.05. The first-order valence-electron chi connectivity index (χ1n) is 12.9. The van der Waals surface area contributed by atoms with Gasteiger partial charge in [-0.3, -0.25) is 13.9 Å². The van der Waals surface area contributed by atoms with Crippen molar-refractivity contribution < 1.29 is 18.0 Å². The first kappa shape index (κ1) is 28.9. The molecule has 0 aromatic heterocycles. The van der Waals surface area contributed by atoms with Crippen LogP contribution in [0.2, 0.25) is 0 Å². The lowest BCUT2D eigenvalue weighted by Crippen LogP contribution is -2.51. The highest BCUT2D eigenvalue weighted by Gasteiger charge is 2.32. The molecular weight excluding hydrogens is 498 g/mol. The van der Waals surface area contributed by atoms with Crippen molar-refractivity contribution in [3.63, 3.8) is 0 Å². The van der Waals surface area contributed by atoms with Gasteiger partial charge in [0.05, 0.1) is 10.6 Å². The van der Waals surface area contributed by atoms with Crippen molar-refractivity contribution in [2.45, 2.75) is 58.0 Å². The van der Waals surface area contributed by atoms with Gasteiger partial charge >= 0.3 is 0 Å². The van der Waals surface area contributed by atoms with E-state index in [0.29, 0.717) is 12.2 Å². The Morgan fingerprint density at radius 2 is 1.53 bits per heavy atom. The van der Waals surface area contributed by atoms with E-state index in [1.807, 2.05) is 57.2 Å². The van der Waals surface area contributed by atoms with Gasteiger partial charge in [-0.05, 0) is 62.6 Å². The van der Waals surface area contributed by atoms with Gasteiger partial charge in [-0.25, -0.2) is 8.42 Å². The molecule has 0 radical (unpaired) electrons. The highest BCUT2D eigenvalue weighted by atomic mass is 32.2. The molecule has 3 aromatic rings. The maximum Gasteiger partial charge on any atom is 0.264 e. The van der Waals surface area contributed by atoms with Gasteiger partial charge in [0.2, 0.25) is 11.8 Å². The largest absolute Gasteiger partial charge is 0.354 e. The molecule has 0 unspecified atom stereocenters. The lowest BCUT2D eigenvalue weighted by atomic mass is 10.1. The molecule has 1 atom stereocenters. The first-order valence-corrected chi connectivity index (χ1v) is 14.3. The lowest BCUT2D eigenvalue weighted by Gasteiger charge is -2.32. The number of hydrogen-bond donors (Lipinski definition) is 1. The number of nitrogens with zero attached hydrogens (tertiary/aromatic N) is 2. The second-order valence-corrected chi connectivity index (χ2v) is 11.3. The predicted molar refractivity (Wildman–Crippen MR) is 151 cm³/mol. The number of carbonyl (C=O) groups is 2. The Balaban J connectivity index is 1.99. The van der Waals surface area contributed by atoms with Crippen LogP contribution in [0.4, 0.5) is 5.69 Å². The van der Waals surface area contributed by atoms with Crippen molar-refractivity contribution in [3.05, 3.63) is 95.6 Å². The normalized spacial score (nSPS) is 12.0. The van der Waals surface area contributed by atoms with Crippen LogP contribution in [0, 0.1) is 13.8 Å². The van der Waals surface area contributed by atoms with Gasteiger partial charge in [-0.2, -0.15) is 0 Å². The van der Waals surface area contributed by atoms with Gasteiger partial charge in [0.25, 0.3) is 10.0 Å². The summed E-state index contributed by atoms with van der Waals surface area (Å²) in [6.45, 7) is 7.83. The third-order valence-electron chi connectivity index (χ3n) is 6.53. The highest BCUT2D eigenvalue weighted by Crippen LogP contribution is 2.25. The fourth-order valence-corrected chi connectivity index (χ4v) is 5.48. The van der Waals surface area contributed by atoms with Crippen molar-refractivity contribution in [3.8, 4) is 0 Å². The number of benzene rings is 3. The van der Waals surface area contributed by atoms with Gasteiger partial charge in [0.15, 0.2) is 0 Å². The topological polar surface area (TPSA) is 86.8 Å². The summed E-state index contributed by atoms with van der Waals surface area (Å²) < 4.78 is 28.6. The molecule has 3 rings (SSSR count). The van der Waals surface area contributed by atoms with Gasteiger partial charge < -0.3 is 10.2 Å². The lowest BCUT2D eigenvalue weighted by molar-refractivity contribution is -0.139. The summed E-state index contributed by atoms with van der Waals surface area (Å²) in [6.07, 6.45) is 1.77. The minimum absolute atomic E-state index is 0.0872. The molecule has 7 nitrogen and oxygen atoms in total. The second kappa shape index (κ2) is 13.2. The standard InChI is InChI=1S/C30H37N3O4S/c1-5-6-20-31-30(35)25(4)32(21-26-13-11-10-12-24(26)3)29(34)22-33(27-18-16-23(2)17-19-27)38(36,37)28-14-8-7-9-15-28/h7-19,25H,5-6,20-22H2,1-4H3,(H,31,35)/t25-/m0/s1. The zero-order chi connectivity index (χ0) is 27.7. The van der Waals surface area contributed by atoms with Gasteiger partial charge in [0.1, 0.15) is 12.6 Å². The van der Waals surface area contributed by atoms with Crippen molar-refractivity contribution >= 4 is 27.5 Å². The molecule has 0 saturated carbocycles. The second-order valence-electron chi connectivity index (χ2n) is 9.43. The number of unbranched alkanes of at least 4 members (excludes halogenated alkanes) is 1. The molecule has 2 amide bonds. The molecule has 1 N–H and O–H groups in total. The fourth-order valence-electron chi connectivity index (χ4n) is 4.05. The minimum Gasteiger partial charge on any atom is -0.354 e. The number of carbonyl (C=O) groups excluding carboxylic acids is 2. The number of aryl methyl sites for hydroxylation is 2. The maximum absolute atomic E-state index is 13.9. The number of anilines is 1. The fraction of sp³-hybridized carbons (Fsp3) is 0.333. The summed E-state index contributed by atoms with van der Waals surface area (Å²) in [5, 5.41) is 2.90. The third-order valence-corrected chi connectivity index (χ3v) is 8.32. The molecule has 0 saturated heterocycles. The number of amides is 2. The Labute approximate surface area is 226 Å². The molecule has 0 fully saturated rings. The van der Waals surface area contributed by atoms with E-state index < -0.39 is 28.5 Å². The SMILES string of the molecule is CCCCNC(=O)[C@H](C)N(Cc1ccccc1C)C(=O)CN(c1ccc(C)cc1)S(=O)(=O)c1ccccc1. The van der Waals surface area contributed by atoms with E-state index in [1.54, 1.807) is 37.3 Å². The van der Waals surface area contributed by atoms with E-state index in [-0.39, 0.29) is 17.3 Å². The molecule has 0 aliphatic carbocycles. The van der Waals surface area contributed by atoms with Crippen LogP contribution < -0.4 is 9.62 Å². The van der Waals surface area contributed by atoms with Crippen molar-refractivity contribution in [1.29, 1.82) is 0 Å². The van der Waals surface area contributed by atoms with Crippen molar-refractivity contribution in [2.24, 2.45) is 0 Å². The van der Waals surface area contributed by atoms with Crippen LogP contribution in [0.5, 0.6) is 0 Å². The zero-order valence-electron chi connectivity index (χ0n) is 22.6. The quantitative estimate of drug-likeness (QED) is 0.337. The molecule has 3 aromatic carbocycles. The van der Waals surface area contributed by atoms with Crippen LogP contribution in [0.25, 0.3) is 0 Å². The van der Waals surface area contributed by atoms with Crippen LogP contribution in [0.15, 0.2) is 83.8 Å². The van der Waals surface area contributed by atoms with Crippen LogP contribution in [0.3, 0.4) is 0 Å². The molecule has 0 aliphatic heterocycles. The van der Waals surface area contributed by atoms with Gasteiger partial charge in [-0.1, -0.05) is 73.5 Å². The summed E-state index contributed by atoms with van der Waals surface area (Å²) in [5.74, 6) is -0.736. The Morgan fingerprint density at radius 3 is 2.16 bits per heavy atom. The monoisotopic (exact) mass is 535 g/mol. The predicted octanol–water partition coefficient (Wildman–Crippen LogP) is 4.83. The number of hydrogen-bond acceptors (Lipinski definition) is 4. The average molecular weight is 536 g/mol. The van der Waals surface area contributed by atoms with Crippen LogP contribution in [-0.4, -0.2) is 44.3 Å². The zero-order valence-corrected chi connectivity index (χ0v) is 23.4. The van der Waals surface area contributed by atoms with Crippen LogP contribution in [0.1, 0.15) is 43.4 Å². The van der Waals surface area contributed by atoms with Crippen molar-refractivity contribution in [2.75, 3.05) is 17.4 Å². The molecule has 0 spiro atoms. The van der Waals surface area contributed by atoms with E-state index in [1.165, 1.54) is 17.0 Å². The number of sulfonamides is 1. The summed E-state index contributed by atoms with van der Waals surface area (Å²) >= 11 is 0. The molecule has 0 bridgehead atoms. The van der Waals surface area contributed by atoms with E-state index in [0.717, 1.165) is 33.8 Å². The van der Waals surface area contributed by atoms with Gasteiger partial charge in [-0.15, -0.1) is 0 Å². The summed E-state index contributed by atoms with van der Waals surface area (Å²) in [5.41, 5.74) is 3.22. The summed E-state index contributed by atoms with van der Waals surface area (Å²) in [4.78, 5) is 28.5. The molecule has 8 heteroatoms. The van der Waals surface area contributed by atoms with Gasteiger partial charge in [0, 0.05) is 13.1 Å². The number of rotatable bonds is 12. The summed E-state index contributed by atoms with van der Waals surface area (Å²) in [7, 11) is -4.05. The number of nitrogens with one attached hydrogen (secondary N) is 1. The molecule has 38 heavy (non-hydrogen) atoms. The van der Waals surface area contributed by atoms with E-state index >= 15 is 0 Å². The first-order chi connectivity index (χ1) is 18.1. The van der Waals surface area contributed by atoms with E-state index in [4.69, 9.17) is 0 Å². The Morgan fingerprint density at radius 1 is 0.895 bits per heavy atom. The average Bonchev–Trinajstić information content (AvgIpc) is 2.92. The van der Waals surface area contributed by atoms with Crippen LogP contribution in [-0.2, 0) is 26.2 Å². The summed E-state index contributed by atoms with van der Waals surface area (Å²) in [6, 6.07) is 21.9. The molecule has 0 heterocycles. The highest BCUT2D eigenvalue weighted by molar-refractivity contribution is 7.92. The molecule has 202 valence electrons. The molecule has 0 aliphatic rings. The third kappa shape index (κ3) is 7.22. The maximum atomic E-state index is 13.9. The van der Waals surface area contributed by atoms with E-state index in [2.05, 4.69) is 5.32 Å². The Bertz CT molecular complexity index is 1330. The van der Waals surface area contributed by atoms with Crippen LogP contribution >= 0.6 is 0 Å². The molecular formula is C30H37N3O4S. The Kier molecular flexibility index (Phi) is 10.1. The van der Waals surface area contributed by atoms with Crippen molar-refractivity contribution in [1.82, 2.24) is 10.2 Å². The Hall–Kier alpha value is -3.65. The smallest absolute Gasteiger partial charge is 0.264 e. The van der Waals surface area contributed by atoms with E-state index in [9.17, 15) is 18.0 Å².